The SMILES string of the molecule is CSCCC(NS(=O)(=O)c1cc(C)ccc1C)C(=O)NCc1cscn1. The fourth-order valence-corrected chi connectivity index (χ4v) is 4.94. The standard InChI is InChI=1S/C17H23N3O3S3/c1-12-4-5-13(2)16(8-12)26(22,23)20-15(6-7-24-3)17(21)18-9-14-10-25-11-19-14/h4-5,8,10-11,15,20H,6-7,9H2,1-3H3,(H,18,21). The van der Waals surface area contributed by atoms with Gasteiger partial charge in [-0.2, -0.15) is 16.5 Å². The topological polar surface area (TPSA) is 88.2 Å². The largest absolute Gasteiger partial charge is 0.349 e. The fraction of sp³-hybridized carbons (Fsp3) is 0.412. The average Bonchev–Trinajstić information content (AvgIpc) is 3.12. The maximum absolute atomic E-state index is 12.8. The zero-order valence-electron chi connectivity index (χ0n) is 15.0. The van der Waals surface area contributed by atoms with Crippen LogP contribution >= 0.6 is 23.1 Å². The van der Waals surface area contributed by atoms with Gasteiger partial charge in [-0.1, -0.05) is 12.1 Å². The average molecular weight is 414 g/mol. The van der Waals surface area contributed by atoms with Gasteiger partial charge < -0.3 is 5.32 Å². The number of hydrogen-bond donors (Lipinski definition) is 2. The Balaban J connectivity index is 2.14. The van der Waals surface area contributed by atoms with Crippen LogP contribution in [-0.4, -0.2) is 37.4 Å². The Hall–Kier alpha value is -1.42. The minimum absolute atomic E-state index is 0.207. The van der Waals surface area contributed by atoms with Crippen molar-refractivity contribution in [2.45, 2.75) is 37.8 Å². The summed E-state index contributed by atoms with van der Waals surface area (Å²) in [5.41, 5.74) is 3.94. The fourth-order valence-electron chi connectivity index (χ4n) is 2.35. The van der Waals surface area contributed by atoms with Crippen LogP contribution in [0.15, 0.2) is 34.0 Å². The molecule has 2 N–H and O–H groups in total. The van der Waals surface area contributed by atoms with Gasteiger partial charge in [-0.05, 0) is 49.5 Å². The molecule has 0 saturated heterocycles. The monoisotopic (exact) mass is 413 g/mol. The Labute approximate surface area is 162 Å². The van der Waals surface area contributed by atoms with Crippen LogP contribution in [-0.2, 0) is 21.4 Å². The molecule has 142 valence electrons. The predicted molar refractivity (Wildman–Crippen MR) is 107 cm³/mol. The Kier molecular flexibility index (Phi) is 7.63. The molecule has 2 rings (SSSR count). The summed E-state index contributed by atoms with van der Waals surface area (Å²) >= 11 is 3.01. The van der Waals surface area contributed by atoms with E-state index in [-0.39, 0.29) is 17.3 Å². The molecule has 0 aliphatic heterocycles. The summed E-state index contributed by atoms with van der Waals surface area (Å²) in [6, 6.07) is 4.42. The van der Waals surface area contributed by atoms with Crippen molar-refractivity contribution in [3.05, 3.63) is 45.9 Å². The number of rotatable bonds is 9. The molecule has 1 aromatic heterocycles. The molecule has 1 amide bonds. The van der Waals surface area contributed by atoms with E-state index in [9.17, 15) is 13.2 Å². The maximum atomic E-state index is 12.8. The predicted octanol–water partition coefficient (Wildman–Crippen LogP) is 2.48. The second-order valence-electron chi connectivity index (χ2n) is 5.92. The number of amides is 1. The van der Waals surface area contributed by atoms with Gasteiger partial charge in [0.1, 0.15) is 6.04 Å². The van der Waals surface area contributed by atoms with Crippen molar-refractivity contribution < 1.29 is 13.2 Å². The summed E-state index contributed by atoms with van der Waals surface area (Å²) < 4.78 is 28.2. The quantitative estimate of drug-likeness (QED) is 0.659. The summed E-state index contributed by atoms with van der Waals surface area (Å²) in [6.45, 7) is 3.86. The number of nitrogens with zero attached hydrogens (tertiary/aromatic N) is 1. The first kappa shape index (κ1) is 20.9. The Morgan fingerprint density at radius 3 is 2.77 bits per heavy atom. The van der Waals surface area contributed by atoms with Gasteiger partial charge in [-0.3, -0.25) is 4.79 Å². The van der Waals surface area contributed by atoms with E-state index in [1.807, 2.05) is 24.6 Å². The molecule has 0 radical (unpaired) electrons. The third-order valence-corrected chi connectivity index (χ3v) is 6.68. The maximum Gasteiger partial charge on any atom is 0.241 e. The number of aryl methyl sites for hydroxylation is 2. The molecular weight excluding hydrogens is 390 g/mol. The van der Waals surface area contributed by atoms with E-state index in [0.717, 1.165) is 11.3 Å². The summed E-state index contributed by atoms with van der Waals surface area (Å²) in [6.07, 6.45) is 2.33. The number of aromatic nitrogens is 1. The number of sulfonamides is 1. The summed E-state index contributed by atoms with van der Waals surface area (Å²) in [5.74, 6) is 0.324. The molecule has 0 fully saturated rings. The molecule has 1 atom stereocenters. The second-order valence-corrected chi connectivity index (χ2v) is 9.31. The number of thioether (sulfide) groups is 1. The minimum Gasteiger partial charge on any atom is -0.349 e. The van der Waals surface area contributed by atoms with Crippen molar-refractivity contribution in [1.29, 1.82) is 0 Å². The first-order valence-electron chi connectivity index (χ1n) is 8.07. The molecule has 1 heterocycles. The molecule has 0 aliphatic carbocycles. The normalized spacial score (nSPS) is 12.7. The zero-order valence-corrected chi connectivity index (χ0v) is 17.4. The molecule has 0 bridgehead atoms. The Morgan fingerprint density at radius 1 is 1.35 bits per heavy atom. The lowest BCUT2D eigenvalue weighted by molar-refractivity contribution is -0.122. The van der Waals surface area contributed by atoms with Crippen LogP contribution in [0.2, 0.25) is 0 Å². The number of hydrogen-bond acceptors (Lipinski definition) is 6. The van der Waals surface area contributed by atoms with Crippen molar-refractivity contribution in [3.8, 4) is 0 Å². The number of carbonyl (C=O) groups excluding carboxylic acids is 1. The van der Waals surface area contributed by atoms with Crippen molar-refractivity contribution in [2.24, 2.45) is 0 Å². The number of benzene rings is 1. The highest BCUT2D eigenvalue weighted by Gasteiger charge is 2.26. The Morgan fingerprint density at radius 2 is 2.12 bits per heavy atom. The third kappa shape index (κ3) is 5.80. The molecule has 6 nitrogen and oxygen atoms in total. The molecular formula is C17H23N3O3S3. The van der Waals surface area contributed by atoms with E-state index in [4.69, 9.17) is 0 Å². The smallest absolute Gasteiger partial charge is 0.241 e. The Bertz CT molecular complexity index is 836. The molecule has 0 spiro atoms. The van der Waals surface area contributed by atoms with Crippen molar-refractivity contribution in [2.75, 3.05) is 12.0 Å². The van der Waals surface area contributed by atoms with E-state index < -0.39 is 16.1 Å². The summed E-state index contributed by atoms with van der Waals surface area (Å²) in [5, 5.41) is 4.61. The van der Waals surface area contributed by atoms with E-state index in [2.05, 4.69) is 15.0 Å². The van der Waals surface area contributed by atoms with Gasteiger partial charge in [-0.25, -0.2) is 13.4 Å². The highest BCUT2D eigenvalue weighted by Crippen LogP contribution is 2.18. The molecule has 0 saturated carbocycles. The van der Waals surface area contributed by atoms with Gasteiger partial charge in [0.25, 0.3) is 0 Å². The van der Waals surface area contributed by atoms with Crippen LogP contribution in [0.3, 0.4) is 0 Å². The van der Waals surface area contributed by atoms with Crippen LogP contribution in [0.5, 0.6) is 0 Å². The molecule has 1 unspecified atom stereocenters. The van der Waals surface area contributed by atoms with Gasteiger partial charge >= 0.3 is 0 Å². The molecule has 2 aromatic rings. The van der Waals surface area contributed by atoms with Gasteiger partial charge in [0.15, 0.2) is 0 Å². The lowest BCUT2D eigenvalue weighted by Crippen LogP contribution is -2.46. The van der Waals surface area contributed by atoms with Crippen molar-refractivity contribution in [3.63, 3.8) is 0 Å². The van der Waals surface area contributed by atoms with Gasteiger partial charge in [0, 0.05) is 5.38 Å². The summed E-state index contributed by atoms with van der Waals surface area (Å²) in [4.78, 5) is 16.9. The van der Waals surface area contributed by atoms with Crippen LogP contribution < -0.4 is 10.0 Å². The molecule has 0 aliphatic rings. The number of nitrogens with one attached hydrogen (secondary N) is 2. The van der Waals surface area contributed by atoms with E-state index in [1.54, 1.807) is 36.3 Å². The van der Waals surface area contributed by atoms with E-state index in [1.165, 1.54) is 11.3 Å². The third-order valence-electron chi connectivity index (χ3n) is 3.78. The van der Waals surface area contributed by atoms with Crippen molar-refractivity contribution >= 4 is 39.0 Å². The number of carbonyl (C=O) groups is 1. The highest BCUT2D eigenvalue weighted by atomic mass is 32.2. The van der Waals surface area contributed by atoms with Gasteiger partial charge in [0.2, 0.25) is 15.9 Å². The van der Waals surface area contributed by atoms with Crippen LogP contribution in [0.1, 0.15) is 23.2 Å². The van der Waals surface area contributed by atoms with Crippen LogP contribution in [0.25, 0.3) is 0 Å². The lowest BCUT2D eigenvalue weighted by Gasteiger charge is -2.19. The van der Waals surface area contributed by atoms with E-state index >= 15 is 0 Å². The molecule has 1 aromatic carbocycles. The summed E-state index contributed by atoms with van der Waals surface area (Å²) in [7, 11) is -3.79. The molecule has 26 heavy (non-hydrogen) atoms. The highest BCUT2D eigenvalue weighted by molar-refractivity contribution is 7.98. The first-order valence-corrected chi connectivity index (χ1v) is 11.9. The van der Waals surface area contributed by atoms with Gasteiger partial charge in [-0.15, -0.1) is 11.3 Å². The first-order chi connectivity index (χ1) is 12.3. The van der Waals surface area contributed by atoms with Crippen molar-refractivity contribution in [1.82, 2.24) is 15.0 Å². The number of thiazole rings is 1. The van der Waals surface area contributed by atoms with E-state index in [0.29, 0.717) is 17.7 Å². The second kappa shape index (κ2) is 9.50. The lowest BCUT2D eigenvalue weighted by atomic mass is 10.2. The van der Waals surface area contributed by atoms with Gasteiger partial charge in [0.05, 0.1) is 22.6 Å². The zero-order chi connectivity index (χ0) is 19.2. The molecule has 9 heteroatoms. The minimum atomic E-state index is -3.79. The van der Waals surface area contributed by atoms with Crippen LogP contribution in [0, 0.1) is 13.8 Å². The van der Waals surface area contributed by atoms with Crippen LogP contribution in [0.4, 0.5) is 0 Å².